The zero-order valence-electron chi connectivity index (χ0n) is 15.2. The van der Waals surface area contributed by atoms with E-state index in [2.05, 4.69) is 0 Å². The van der Waals surface area contributed by atoms with Gasteiger partial charge in [-0.15, -0.1) is 0 Å². The summed E-state index contributed by atoms with van der Waals surface area (Å²) in [7, 11) is 1.65. The zero-order chi connectivity index (χ0) is 18.9. The van der Waals surface area contributed by atoms with Crippen molar-refractivity contribution in [1.82, 2.24) is 0 Å². The third kappa shape index (κ3) is 2.97. The highest BCUT2D eigenvalue weighted by molar-refractivity contribution is 6.13. The maximum Gasteiger partial charge on any atom is 0.231 e. The van der Waals surface area contributed by atoms with Crippen molar-refractivity contribution in [2.24, 2.45) is 4.99 Å². The first kappa shape index (κ1) is 16.4. The Morgan fingerprint density at radius 1 is 0.821 bits per heavy atom. The molecule has 3 aromatic rings. The molecule has 5 nitrogen and oxygen atoms in total. The number of methoxy groups -OCH3 is 1. The molecule has 0 bridgehead atoms. The molecular weight excluding hydrogens is 354 g/mol. The Hall–Kier alpha value is -3.73. The van der Waals surface area contributed by atoms with Gasteiger partial charge in [0.15, 0.2) is 17.2 Å². The lowest BCUT2D eigenvalue weighted by molar-refractivity contribution is 0.174. The number of allylic oxidation sites excluding steroid dienone is 1. The van der Waals surface area contributed by atoms with E-state index in [1.54, 1.807) is 7.11 Å². The molecule has 0 unspecified atom stereocenters. The Balaban J connectivity index is 1.65. The molecule has 0 radical (unpaired) electrons. The third-order valence-electron chi connectivity index (χ3n) is 4.62. The van der Waals surface area contributed by atoms with Crippen LogP contribution in [0.3, 0.4) is 0 Å². The van der Waals surface area contributed by atoms with Gasteiger partial charge in [0.05, 0.1) is 12.8 Å². The highest BCUT2D eigenvalue weighted by Crippen LogP contribution is 2.38. The van der Waals surface area contributed by atoms with Crippen LogP contribution in [0.5, 0.6) is 23.0 Å². The predicted octanol–water partition coefficient (Wildman–Crippen LogP) is 4.98. The number of hydrogen-bond donors (Lipinski definition) is 0. The molecule has 0 amide bonds. The fourth-order valence-electron chi connectivity index (χ4n) is 3.19. The van der Waals surface area contributed by atoms with Gasteiger partial charge >= 0.3 is 0 Å². The normalized spacial score (nSPS) is 14.3. The van der Waals surface area contributed by atoms with Gasteiger partial charge in [-0.1, -0.05) is 24.3 Å². The molecule has 28 heavy (non-hydrogen) atoms. The molecule has 0 saturated heterocycles. The minimum atomic E-state index is 0.234. The van der Waals surface area contributed by atoms with E-state index in [0.29, 0.717) is 17.3 Å². The molecule has 5 heteroatoms. The van der Waals surface area contributed by atoms with Crippen LogP contribution < -0.4 is 18.9 Å². The molecular formula is C23H17NO4. The summed E-state index contributed by atoms with van der Waals surface area (Å²) in [5, 5.41) is 0. The molecule has 0 saturated carbocycles. The Kier molecular flexibility index (Phi) is 3.98. The van der Waals surface area contributed by atoms with E-state index in [9.17, 15) is 0 Å². The lowest BCUT2D eigenvalue weighted by Crippen LogP contribution is -2.00. The van der Waals surface area contributed by atoms with Gasteiger partial charge in [0.2, 0.25) is 6.79 Å². The largest absolute Gasteiger partial charge is 0.497 e. The van der Waals surface area contributed by atoms with Crippen LogP contribution in [0.2, 0.25) is 0 Å². The van der Waals surface area contributed by atoms with Crippen molar-refractivity contribution in [3.63, 3.8) is 0 Å². The highest BCUT2D eigenvalue weighted by atomic mass is 16.7. The van der Waals surface area contributed by atoms with Crippen molar-refractivity contribution in [1.29, 1.82) is 0 Å². The van der Waals surface area contributed by atoms with Crippen LogP contribution in [0, 0.1) is 0 Å². The van der Waals surface area contributed by atoms with E-state index in [1.165, 1.54) is 0 Å². The lowest BCUT2D eigenvalue weighted by atomic mass is 10.1. The van der Waals surface area contributed by atoms with E-state index in [4.69, 9.17) is 23.9 Å². The topological polar surface area (TPSA) is 49.3 Å². The summed E-state index contributed by atoms with van der Waals surface area (Å²) in [5.74, 6) is 3.60. The van der Waals surface area contributed by atoms with Crippen molar-refractivity contribution < 1.29 is 18.9 Å². The van der Waals surface area contributed by atoms with Crippen molar-refractivity contribution in [2.45, 2.75) is 0 Å². The molecule has 0 aromatic heterocycles. The standard InChI is InChI=1S/C23H17NO4/c1-25-17-6-4-5-15(11-17)19-13-22(28-20-8-3-2-7-18(20)24-19)16-9-10-21-23(12-16)27-14-26-21/h2-13H,14H2,1H3. The fraction of sp³-hybridized carbons (Fsp3) is 0.0870. The fourth-order valence-corrected chi connectivity index (χ4v) is 3.19. The summed E-state index contributed by atoms with van der Waals surface area (Å²) < 4.78 is 22.5. The second kappa shape index (κ2) is 6.78. The van der Waals surface area contributed by atoms with Crippen molar-refractivity contribution in [2.75, 3.05) is 13.9 Å². The van der Waals surface area contributed by atoms with Gasteiger partial charge in [-0.3, -0.25) is 0 Å². The van der Waals surface area contributed by atoms with E-state index in [1.807, 2.05) is 72.8 Å². The van der Waals surface area contributed by atoms with Crippen molar-refractivity contribution in [3.8, 4) is 23.0 Å². The molecule has 5 rings (SSSR count). The third-order valence-corrected chi connectivity index (χ3v) is 4.62. The van der Waals surface area contributed by atoms with E-state index in [0.717, 1.165) is 34.0 Å². The quantitative estimate of drug-likeness (QED) is 0.652. The van der Waals surface area contributed by atoms with Gasteiger partial charge in [0.25, 0.3) is 0 Å². The van der Waals surface area contributed by atoms with E-state index >= 15 is 0 Å². The molecule has 0 aliphatic carbocycles. The predicted molar refractivity (Wildman–Crippen MR) is 107 cm³/mol. The number of ether oxygens (including phenoxy) is 4. The van der Waals surface area contributed by atoms with Gasteiger partial charge < -0.3 is 18.9 Å². The van der Waals surface area contributed by atoms with Crippen molar-refractivity contribution in [3.05, 3.63) is 83.9 Å². The molecule has 2 heterocycles. The molecule has 2 aliphatic heterocycles. The van der Waals surface area contributed by atoms with Gasteiger partial charge in [-0.25, -0.2) is 4.99 Å². The van der Waals surface area contributed by atoms with Crippen LogP contribution in [0.25, 0.3) is 5.76 Å². The number of hydrogen-bond acceptors (Lipinski definition) is 5. The van der Waals surface area contributed by atoms with Crippen LogP contribution in [-0.2, 0) is 0 Å². The molecule has 0 fully saturated rings. The van der Waals surface area contributed by atoms with Gasteiger partial charge in [-0.05, 0) is 42.5 Å². The SMILES string of the molecule is COc1cccc(C2=Nc3ccccc3OC(c3ccc4c(c3)OCO4)=C2)c1. The van der Waals surface area contributed by atoms with Crippen LogP contribution in [0.4, 0.5) is 5.69 Å². The molecule has 138 valence electrons. The lowest BCUT2D eigenvalue weighted by Gasteiger charge is -2.10. The van der Waals surface area contributed by atoms with Gasteiger partial charge in [0, 0.05) is 17.2 Å². The minimum Gasteiger partial charge on any atom is -0.497 e. The number of aliphatic imine (C=N–C) groups is 1. The van der Waals surface area contributed by atoms with Crippen LogP contribution in [0.1, 0.15) is 11.1 Å². The molecule has 0 spiro atoms. The Morgan fingerprint density at radius 2 is 1.71 bits per heavy atom. The maximum absolute atomic E-state index is 6.23. The Bertz CT molecular complexity index is 1120. The maximum atomic E-state index is 6.23. The van der Waals surface area contributed by atoms with Gasteiger partial charge in [-0.2, -0.15) is 0 Å². The van der Waals surface area contributed by atoms with E-state index < -0.39 is 0 Å². The highest BCUT2D eigenvalue weighted by Gasteiger charge is 2.19. The Morgan fingerprint density at radius 3 is 2.64 bits per heavy atom. The van der Waals surface area contributed by atoms with Crippen molar-refractivity contribution >= 4 is 17.2 Å². The average molecular weight is 371 g/mol. The molecule has 3 aromatic carbocycles. The summed E-state index contributed by atoms with van der Waals surface area (Å²) >= 11 is 0. The number of fused-ring (bicyclic) bond motifs is 2. The molecule has 0 N–H and O–H groups in total. The summed E-state index contributed by atoms with van der Waals surface area (Å²) in [6.07, 6.45) is 1.94. The monoisotopic (exact) mass is 371 g/mol. The summed E-state index contributed by atoms with van der Waals surface area (Å²) in [4.78, 5) is 4.84. The number of para-hydroxylation sites is 2. The zero-order valence-corrected chi connectivity index (χ0v) is 15.2. The summed E-state index contributed by atoms with van der Waals surface area (Å²) in [5.41, 5.74) is 3.39. The number of nitrogens with zero attached hydrogens (tertiary/aromatic N) is 1. The van der Waals surface area contributed by atoms with Crippen LogP contribution >= 0.6 is 0 Å². The number of benzene rings is 3. The van der Waals surface area contributed by atoms with E-state index in [-0.39, 0.29) is 6.79 Å². The second-order valence-corrected chi connectivity index (χ2v) is 6.38. The first-order valence-corrected chi connectivity index (χ1v) is 8.92. The first-order valence-electron chi connectivity index (χ1n) is 8.92. The number of rotatable bonds is 3. The second-order valence-electron chi connectivity index (χ2n) is 6.38. The Labute approximate surface area is 162 Å². The summed E-state index contributed by atoms with van der Waals surface area (Å²) in [6, 6.07) is 21.3. The summed E-state index contributed by atoms with van der Waals surface area (Å²) in [6.45, 7) is 0.234. The first-order chi connectivity index (χ1) is 13.8. The minimum absolute atomic E-state index is 0.234. The van der Waals surface area contributed by atoms with Crippen LogP contribution in [-0.4, -0.2) is 19.6 Å². The molecule has 0 atom stereocenters. The average Bonchev–Trinajstić information content (AvgIpc) is 3.12. The van der Waals surface area contributed by atoms with Crippen LogP contribution in [0.15, 0.2) is 77.8 Å². The molecule has 2 aliphatic rings. The smallest absolute Gasteiger partial charge is 0.231 e. The van der Waals surface area contributed by atoms with Gasteiger partial charge in [0.1, 0.15) is 17.2 Å².